The van der Waals surface area contributed by atoms with Crippen LogP contribution in [0.15, 0.2) is 42.5 Å². The second kappa shape index (κ2) is 9.46. The van der Waals surface area contributed by atoms with Crippen LogP contribution in [0.1, 0.15) is 28.8 Å². The number of rotatable bonds is 7. The third-order valence-corrected chi connectivity index (χ3v) is 4.31. The number of amides is 1. The van der Waals surface area contributed by atoms with Crippen LogP contribution in [-0.2, 0) is 9.53 Å². The Hall–Kier alpha value is -2.24. The Morgan fingerprint density at radius 1 is 1.12 bits per heavy atom. The van der Waals surface area contributed by atoms with Crippen LogP contribution in [0.2, 0.25) is 10.0 Å². The fourth-order valence-electron chi connectivity index (χ4n) is 2.30. The van der Waals surface area contributed by atoms with E-state index in [-0.39, 0.29) is 39.8 Å². The van der Waals surface area contributed by atoms with Crippen molar-refractivity contribution in [1.82, 2.24) is 5.32 Å². The largest absolute Gasteiger partial charge is 0.494 e. The van der Waals surface area contributed by atoms with E-state index in [1.165, 1.54) is 19.2 Å². The van der Waals surface area contributed by atoms with Crippen molar-refractivity contribution in [1.29, 1.82) is 0 Å². The van der Waals surface area contributed by atoms with Gasteiger partial charge in [0.25, 0.3) is 5.91 Å². The zero-order valence-corrected chi connectivity index (χ0v) is 15.9. The number of carbonyl (C=O) groups is 2. The molecule has 0 saturated heterocycles. The first-order chi connectivity index (χ1) is 12.4. The normalized spacial score (nSPS) is 11.5. The molecule has 138 valence electrons. The minimum atomic E-state index is -0.692. The molecule has 0 aliphatic rings. The second-order valence-corrected chi connectivity index (χ2v) is 6.48. The number of esters is 1. The first-order valence-corrected chi connectivity index (χ1v) is 8.69. The van der Waals surface area contributed by atoms with E-state index in [0.29, 0.717) is 6.54 Å². The Labute approximate surface area is 162 Å². The summed E-state index contributed by atoms with van der Waals surface area (Å²) in [6.07, 6.45) is 0. The van der Waals surface area contributed by atoms with E-state index in [4.69, 9.17) is 32.7 Å². The lowest BCUT2D eigenvalue weighted by atomic mass is 10.0. The molecule has 0 radical (unpaired) electrons. The fourth-order valence-corrected chi connectivity index (χ4v) is 2.95. The number of nitrogens with one attached hydrogen (secondary N) is 1. The van der Waals surface area contributed by atoms with E-state index in [1.807, 2.05) is 37.3 Å². The van der Waals surface area contributed by atoms with E-state index in [2.05, 4.69) is 5.32 Å². The molecule has 0 fully saturated rings. The van der Waals surface area contributed by atoms with Gasteiger partial charge in [-0.25, -0.2) is 4.79 Å². The molecule has 0 aliphatic heterocycles. The molecule has 2 aromatic carbocycles. The number of ether oxygens (including phenoxy) is 2. The predicted molar refractivity (Wildman–Crippen MR) is 101 cm³/mol. The average Bonchev–Trinajstić information content (AvgIpc) is 2.64. The summed E-state index contributed by atoms with van der Waals surface area (Å²) < 4.78 is 10.0. The van der Waals surface area contributed by atoms with Crippen LogP contribution in [0.3, 0.4) is 0 Å². The minimum Gasteiger partial charge on any atom is -0.494 e. The molecule has 2 rings (SSSR count). The maximum atomic E-state index is 12.1. The van der Waals surface area contributed by atoms with E-state index >= 15 is 0 Å². The highest BCUT2D eigenvalue weighted by atomic mass is 35.5. The first-order valence-electron chi connectivity index (χ1n) is 7.94. The highest BCUT2D eigenvalue weighted by Crippen LogP contribution is 2.33. The molecule has 2 aromatic rings. The quantitative estimate of drug-likeness (QED) is 0.717. The summed E-state index contributed by atoms with van der Waals surface area (Å²) in [5, 5.41) is 3.12. The summed E-state index contributed by atoms with van der Waals surface area (Å²) in [6, 6.07) is 12.6. The molecule has 0 aromatic heterocycles. The van der Waals surface area contributed by atoms with Crippen molar-refractivity contribution in [2.45, 2.75) is 12.8 Å². The molecule has 7 heteroatoms. The van der Waals surface area contributed by atoms with Gasteiger partial charge in [-0.1, -0.05) is 60.5 Å². The summed E-state index contributed by atoms with van der Waals surface area (Å²) in [5.41, 5.74) is 1.26. The van der Waals surface area contributed by atoms with Gasteiger partial charge >= 0.3 is 5.97 Å². The van der Waals surface area contributed by atoms with Gasteiger partial charge in [0.05, 0.1) is 22.7 Å². The van der Waals surface area contributed by atoms with E-state index in [1.54, 1.807) is 0 Å². The SMILES string of the molecule is COc1c(Cl)cc(C(=O)OCC(=O)NC[C@@H](C)c2ccccc2)cc1Cl. The van der Waals surface area contributed by atoms with Crippen molar-refractivity contribution in [3.8, 4) is 5.75 Å². The summed E-state index contributed by atoms with van der Waals surface area (Å²) in [4.78, 5) is 23.9. The maximum absolute atomic E-state index is 12.1. The van der Waals surface area contributed by atoms with Gasteiger partial charge in [0.1, 0.15) is 0 Å². The van der Waals surface area contributed by atoms with Gasteiger partial charge in [-0.2, -0.15) is 0 Å². The molecular weight excluding hydrogens is 377 g/mol. The highest BCUT2D eigenvalue weighted by molar-refractivity contribution is 6.37. The van der Waals surface area contributed by atoms with E-state index in [9.17, 15) is 9.59 Å². The van der Waals surface area contributed by atoms with Gasteiger partial charge in [0.15, 0.2) is 12.4 Å². The van der Waals surface area contributed by atoms with Crippen LogP contribution in [-0.4, -0.2) is 32.1 Å². The zero-order chi connectivity index (χ0) is 19.1. The van der Waals surface area contributed by atoms with Gasteiger partial charge < -0.3 is 14.8 Å². The van der Waals surface area contributed by atoms with Crippen LogP contribution < -0.4 is 10.1 Å². The van der Waals surface area contributed by atoms with Gasteiger partial charge in [0, 0.05) is 6.54 Å². The molecule has 26 heavy (non-hydrogen) atoms. The summed E-state index contributed by atoms with van der Waals surface area (Å²) in [5.74, 6) is -0.651. The standard InChI is InChI=1S/C19H19Cl2NO4/c1-12(13-6-4-3-5-7-13)10-22-17(23)11-26-19(24)14-8-15(20)18(25-2)16(21)9-14/h3-9,12H,10-11H2,1-2H3,(H,22,23)/t12-/m1/s1. The molecule has 0 bridgehead atoms. The van der Waals surface area contributed by atoms with Crippen molar-refractivity contribution < 1.29 is 19.1 Å². The lowest BCUT2D eigenvalue weighted by molar-refractivity contribution is -0.124. The summed E-state index contributed by atoms with van der Waals surface area (Å²) in [7, 11) is 1.42. The number of hydrogen-bond acceptors (Lipinski definition) is 4. The second-order valence-electron chi connectivity index (χ2n) is 5.67. The number of benzene rings is 2. The van der Waals surface area contributed by atoms with Crippen molar-refractivity contribution in [2.24, 2.45) is 0 Å². The van der Waals surface area contributed by atoms with E-state index in [0.717, 1.165) is 5.56 Å². The maximum Gasteiger partial charge on any atom is 0.338 e. The summed E-state index contributed by atoms with van der Waals surface area (Å²) >= 11 is 12.0. The first kappa shape index (κ1) is 20.1. The third kappa shape index (κ3) is 5.38. The Kier molecular flexibility index (Phi) is 7.30. The topological polar surface area (TPSA) is 64.6 Å². The Bertz CT molecular complexity index is 757. The van der Waals surface area contributed by atoms with Gasteiger partial charge in [-0.3, -0.25) is 4.79 Å². The van der Waals surface area contributed by atoms with Crippen LogP contribution in [0.4, 0.5) is 0 Å². The molecular formula is C19H19Cl2NO4. The number of hydrogen-bond donors (Lipinski definition) is 1. The van der Waals surface area contributed by atoms with Crippen LogP contribution in [0.25, 0.3) is 0 Å². The lowest BCUT2D eigenvalue weighted by Gasteiger charge is -2.13. The molecule has 0 unspecified atom stereocenters. The Balaban J connectivity index is 1.84. The van der Waals surface area contributed by atoms with Crippen LogP contribution in [0, 0.1) is 0 Å². The van der Waals surface area contributed by atoms with Crippen LogP contribution >= 0.6 is 23.2 Å². The lowest BCUT2D eigenvalue weighted by Crippen LogP contribution is -2.31. The molecule has 0 heterocycles. The van der Waals surface area contributed by atoms with Crippen molar-refractivity contribution in [2.75, 3.05) is 20.3 Å². The monoisotopic (exact) mass is 395 g/mol. The Morgan fingerprint density at radius 2 is 1.73 bits per heavy atom. The molecule has 0 spiro atoms. The zero-order valence-electron chi connectivity index (χ0n) is 14.4. The predicted octanol–water partition coefficient (Wildman–Crippen LogP) is 4.08. The molecule has 1 amide bonds. The number of methoxy groups -OCH3 is 1. The fraction of sp³-hybridized carbons (Fsp3) is 0.263. The van der Waals surface area contributed by atoms with Crippen molar-refractivity contribution >= 4 is 35.1 Å². The summed E-state index contributed by atoms with van der Waals surface area (Å²) in [6.45, 7) is 2.06. The van der Waals surface area contributed by atoms with Gasteiger partial charge in [0.2, 0.25) is 0 Å². The molecule has 0 aliphatic carbocycles. The molecule has 0 saturated carbocycles. The van der Waals surface area contributed by atoms with Crippen molar-refractivity contribution in [3.05, 3.63) is 63.6 Å². The van der Waals surface area contributed by atoms with Gasteiger partial charge in [-0.05, 0) is 23.6 Å². The average molecular weight is 396 g/mol. The highest BCUT2D eigenvalue weighted by Gasteiger charge is 2.16. The van der Waals surface area contributed by atoms with Crippen LogP contribution in [0.5, 0.6) is 5.75 Å². The smallest absolute Gasteiger partial charge is 0.338 e. The minimum absolute atomic E-state index is 0.145. The molecule has 5 nitrogen and oxygen atoms in total. The Morgan fingerprint density at radius 3 is 2.31 bits per heavy atom. The van der Waals surface area contributed by atoms with E-state index < -0.39 is 5.97 Å². The van der Waals surface area contributed by atoms with Gasteiger partial charge in [-0.15, -0.1) is 0 Å². The molecule has 1 atom stereocenters. The van der Waals surface area contributed by atoms with Crippen molar-refractivity contribution in [3.63, 3.8) is 0 Å². The third-order valence-electron chi connectivity index (χ3n) is 3.75. The number of carbonyl (C=O) groups excluding carboxylic acids is 2. The molecule has 1 N–H and O–H groups in total. The number of halogens is 2.